The third-order valence-electron chi connectivity index (χ3n) is 2.20. The molecule has 16 heavy (non-hydrogen) atoms. The van der Waals surface area contributed by atoms with Crippen LogP contribution in [0, 0.1) is 3.57 Å². The Morgan fingerprint density at radius 2 is 2.25 bits per heavy atom. The number of amides is 1. The minimum Gasteiger partial charge on any atom is -0.395 e. The standard InChI is InChI=1S/C11H13BrINO2/c1-2-14(5-6-15)11(16)9-7-8(12)3-4-10(9)13/h3-4,7,15H,2,5-6H2,1H3. The maximum absolute atomic E-state index is 12.1. The summed E-state index contributed by atoms with van der Waals surface area (Å²) in [6, 6.07) is 5.61. The zero-order valence-corrected chi connectivity index (χ0v) is 12.7. The van der Waals surface area contributed by atoms with Crippen LogP contribution in [0.25, 0.3) is 0 Å². The number of benzene rings is 1. The SMILES string of the molecule is CCN(CCO)C(=O)c1cc(Br)ccc1I. The molecule has 0 spiro atoms. The van der Waals surface area contributed by atoms with Crippen molar-refractivity contribution in [2.75, 3.05) is 19.7 Å². The quantitative estimate of drug-likeness (QED) is 0.793. The number of likely N-dealkylation sites (N-methyl/N-ethyl adjacent to an activating group) is 1. The molecule has 1 N–H and O–H groups in total. The Morgan fingerprint density at radius 1 is 1.56 bits per heavy atom. The van der Waals surface area contributed by atoms with E-state index in [2.05, 4.69) is 38.5 Å². The molecular formula is C11H13BrINO2. The highest BCUT2D eigenvalue weighted by molar-refractivity contribution is 14.1. The lowest BCUT2D eigenvalue weighted by Crippen LogP contribution is -2.33. The van der Waals surface area contributed by atoms with E-state index in [4.69, 9.17) is 5.11 Å². The second-order valence-corrected chi connectivity index (χ2v) is 5.31. The van der Waals surface area contributed by atoms with Crippen molar-refractivity contribution in [2.24, 2.45) is 0 Å². The van der Waals surface area contributed by atoms with E-state index >= 15 is 0 Å². The molecule has 0 saturated heterocycles. The second kappa shape index (κ2) is 6.56. The smallest absolute Gasteiger partial charge is 0.255 e. The average molecular weight is 398 g/mol. The van der Waals surface area contributed by atoms with E-state index in [0.29, 0.717) is 18.7 Å². The molecule has 1 rings (SSSR count). The van der Waals surface area contributed by atoms with Gasteiger partial charge >= 0.3 is 0 Å². The molecular weight excluding hydrogens is 385 g/mol. The number of hydrogen-bond acceptors (Lipinski definition) is 2. The van der Waals surface area contributed by atoms with E-state index in [1.165, 1.54) is 0 Å². The maximum atomic E-state index is 12.1. The summed E-state index contributed by atoms with van der Waals surface area (Å²) >= 11 is 5.49. The highest BCUT2D eigenvalue weighted by Crippen LogP contribution is 2.19. The maximum Gasteiger partial charge on any atom is 0.255 e. The van der Waals surface area contributed by atoms with Crippen molar-refractivity contribution in [1.29, 1.82) is 0 Å². The first kappa shape index (κ1) is 13.9. The van der Waals surface area contributed by atoms with Gasteiger partial charge < -0.3 is 10.0 Å². The number of halogens is 2. The van der Waals surface area contributed by atoms with Crippen LogP contribution in [0.1, 0.15) is 17.3 Å². The fourth-order valence-corrected chi connectivity index (χ4v) is 2.28. The van der Waals surface area contributed by atoms with E-state index < -0.39 is 0 Å². The van der Waals surface area contributed by atoms with Gasteiger partial charge in [0, 0.05) is 21.1 Å². The topological polar surface area (TPSA) is 40.5 Å². The molecule has 88 valence electrons. The summed E-state index contributed by atoms with van der Waals surface area (Å²) in [4.78, 5) is 13.8. The minimum atomic E-state index is -0.0396. The first-order valence-corrected chi connectivity index (χ1v) is 6.82. The monoisotopic (exact) mass is 397 g/mol. The molecule has 0 aliphatic rings. The Morgan fingerprint density at radius 3 is 2.81 bits per heavy atom. The molecule has 0 atom stereocenters. The Hall–Kier alpha value is -0.140. The van der Waals surface area contributed by atoms with Gasteiger partial charge in [0.25, 0.3) is 5.91 Å². The third kappa shape index (κ3) is 3.43. The predicted molar refractivity (Wildman–Crippen MR) is 75.5 cm³/mol. The van der Waals surface area contributed by atoms with Gasteiger partial charge in [-0.15, -0.1) is 0 Å². The zero-order valence-electron chi connectivity index (χ0n) is 8.91. The van der Waals surface area contributed by atoms with Gasteiger partial charge in [0.1, 0.15) is 0 Å². The predicted octanol–water partition coefficient (Wildman–Crippen LogP) is 2.51. The molecule has 0 unspecified atom stereocenters. The van der Waals surface area contributed by atoms with Gasteiger partial charge in [-0.05, 0) is 47.7 Å². The first-order chi connectivity index (χ1) is 7.60. The fraction of sp³-hybridized carbons (Fsp3) is 0.364. The zero-order chi connectivity index (χ0) is 12.1. The van der Waals surface area contributed by atoms with E-state index in [1.807, 2.05) is 25.1 Å². The van der Waals surface area contributed by atoms with Crippen molar-refractivity contribution in [3.05, 3.63) is 31.8 Å². The van der Waals surface area contributed by atoms with Crippen LogP contribution in [0.4, 0.5) is 0 Å². The van der Waals surface area contributed by atoms with Gasteiger partial charge in [-0.25, -0.2) is 0 Å². The van der Waals surface area contributed by atoms with Crippen LogP contribution < -0.4 is 0 Å². The van der Waals surface area contributed by atoms with E-state index in [0.717, 1.165) is 8.04 Å². The third-order valence-corrected chi connectivity index (χ3v) is 3.63. The van der Waals surface area contributed by atoms with Crippen molar-refractivity contribution in [2.45, 2.75) is 6.92 Å². The highest BCUT2D eigenvalue weighted by atomic mass is 127. The molecule has 0 aliphatic heterocycles. The molecule has 1 amide bonds. The fourth-order valence-electron chi connectivity index (χ4n) is 1.36. The van der Waals surface area contributed by atoms with Crippen molar-refractivity contribution in [1.82, 2.24) is 4.90 Å². The Labute approximate surface area is 117 Å². The molecule has 1 aromatic rings. The van der Waals surface area contributed by atoms with Crippen molar-refractivity contribution >= 4 is 44.4 Å². The number of nitrogens with zero attached hydrogens (tertiary/aromatic N) is 1. The number of carbonyl (C=O) groups is 1. The summed E-state index contributed by atoms with van der Waals surface area (Å²) in [5.41, 5.74) is 0.672. The van der Waals surface area contributed by atoms with Crippen molar-refractivity contribution in [3.8, 4) is 0 Å². The van der Waals surface area contributed by atoms with E-state index in [-0.39, 0.29) is 12.5 Å². The molecule has 5 heteroatoms. The summed E-state index contributed by atoms with van der Waals surface area (Å²) < 4.78 is 1.80. The lowest BCUT2D eigenvalue weighted by Gasteiger charge is -2.20. The molecule has 0 fully saturated rings. The van der Waals surface area contributed by atoms with Gasteiger partial charge in [-0.1, -0.05) is 15.9 Å². The summed E-state index contributed by atoms with van der Waals surface area (Å²) in [5.74, 6) is -0.0396. The second-order valence-electron chi connectivity index (χ2n) is 3.23. The molecule has 0 aliphatic carbocycles. The average Bonchev–Trinajstić information content (AvgIpc) is 2.28. The van der Waals surface area contributed by atoms with E-state index in [1.54, 1.807) is 4.90 Å². The molecule has 0 bridgehead atoms. The van der Waals surface area contributed by atoms with Gasteiger partial charge in [0.2, 0.25) is 0 Å². The van der Waals surface area contributed by atoms with Crippen LogP contribution in [-0.2, 0) is 0 Å². The summed E-state index contributed by atoms with van der Waals surface area (Å²) in [6.07, 6.45) is 0. The van der Waals surface area contributed by atoms with Crippen molar-refractivity contribution in [3.63, 3.8) is 0 Å². The lowest BCUT2D eigenvalue weighted by atomic mass is 10.2. The largest absolute Gasteiger partial charge is 0.395 e. The van der Waals surface area contributed by atoms with Crippen LogP contribution in [0.15, 0.2) is 22.7 Å². The van der Waals surface area contributed by atoms with Crippen LogP contribution in [0.3, 0.4) is 0 Å². The van der Waals surface area contributed by atoms with Crippen LogP contribution >= 0.6 is 38.5 Å². The number of aliphatic hydroxyl groups excluding tert-OH is 1. The highest BCUT2D eigenvalue weighted by Gasteiger charge is 2.16. The van der Waals surface area contributed by atoms with Crippen LogP contribution in [0.5, 0.6) is 0 Å². The summed E-state index contributed by atoms with van der Waals surface area (Å²) in [6.45, 7) is 2.86. The van der Waals surface area contributed by atoms with Crippen LogP contribution in [-0.4, -0.2) is 35.6 Å². The first-order valence-electron chi connectivity index (χ1n) is 4.95. The molecule has 0 radical (unpaired) electrons. The van der Waals surface area contributed by atoms with Gasteiger partial charge in [0.15, 0.2) is 0 Å². The molecule has 0 heterocycles. The van der Waals surface area contributed by atoms with E-state index in [9.17, 15) is 4.79 Å². The summed E-state index contributed by atoms with van der Waals surface area (Å²) in [5, 5.41) is 8.88. The van der Waals surface area contributed by atoms with Gasteiger partial charge in [-0.3, -0.25) is 4.79 Å². The number of hydrogen-bond donors (Lipinski definition) is 1. The minimum absolute atomic E-state index is 0.00976. The van der Waals surface area contributed by atoms with Gasteiger partial charge in [-0.2, -0.15) is 0 Å². The number of aliphatic hydroxyl groups is 1. The molecule has 3 nitrogen and oxygen atoms in total. The number of rotatable bonds is 4. The Balaban J connectivity index is 2.98. The van der Waals surface area contributed by atoms with Crippen LogP contribution in [0.2, 0.25) is 0 Å². The van der Waals surface area contributed by atoms with Gasteiger partial charge in [0.05, 0.1) is 12.2 Å². The molecule has 0 aromatic heterocycles. The number of carbonyl (C=O) groups excluding carboxylic acids is 1. The lowest BCUT2D eigenvalue weighted by molar-refractivity contribution is 0.0731. The molecule has 0 saturated carbocycles. The Bertz CT molecular complexity index is 384. The van der Waals surface area contributed by atoms with Crippen molar-refractivity contribution < 1.29 is 9.90 Å². The Kier molecular flexibility index (Phi) is 5.71. The summed E-state index contributed by atoms with van der Waals surface area (Å²) in [7, 11) is 0. The normalized spacial score (nSPS) is 10.2. The molecule has 1 aromatic carbocycles.